The monoisotopic (exact) mass is 373 g/mol. The number of ether oxygens (including phenoxy) is 3. The molecule has 27 heavy (non-hydrogen) atoms. The topological polar surface area (TPSA) is 90.9 Å². The van der Waals surface area contributed by atoms with Crippen LogP contribution in [0.1, 0.15) is 19.3 Å². The number of rotatable bonds is 9. The summed E-state index contributed by atoms with van der Waals surface area (Å²) >= 11 is 0. The van der Waals surface area contributed by atoms with Gasteiger partial charge in [-0.15, -0.1) is 0 Å². The van der Waals surface area contributed by atoms with Gasteiger partial charge in [-0.2, -0.15) is 0 Å². The molecule has 2 rings (SSSR count). The normalized spacial score (nSPS) is 11.5. The highest BCUT2D eigenvalue weighted by atomic mass is 16.5. The van der Waals surface area contributed by atoms with Crippen molar-refractivity contribution in [3.05, 3.63) is 42.5 Å². The number of carbonyl (C=O) groups is 3. The van der Waals surface area contributed by atoms with Crippen LogP contribution in [0.15, 0.2) is 42.5 Å². The lowest BCUT2D eigenvalue weighted by atomic mass is 10.1. The molecule has 0 aromatic heterocycles. The fraction of sp³-hybridized carbons (Fsp3) is 0.350. The molecule has 0 fully saturated rings. The van der Waals surface area contributed by atoms with Gasteiger partial charge >= 0.3 is 11.9 Å². The van der Waals surface area contributed by atoms with Crippen LogP contribution in [0.5, 0.6) is 5.75 Å². The molecule has 0 aliphatic carbocycles. The summed E-state index contributed by atoms with van der Waals surface area (Å²) in [4.78, 5) is 35.1. The Hall–Kier alpha value is -3.09. The average molecular weight is 373 g/mol. The van der Waals surface area contributed by atoms with Crippen molar-refractivity contribution >= 4 is 28.6 Å². The van der Waals surface area contributed by atoms with Crippen molar-refractivity contribution in [2.24, 2.45) is 0 Å². The maximum absolute atomic E-state index is 12.0. The SMILES string of the molecule is COC(=O)C[C@@H](NC(=O)CCCOc1cccc2ccccc12)C(=O)OC. The van der Waals surface area contributed by atoms with Crippen LogP contribution in [0.25, 0.3) is 10.8 Å². The maximum atomic E-state index is 12.0. The lowest BCUT2D eigenvalue weighted by Gasteiger charge is -2.15. The third-order valence-corrected chi connectivity index (χ3v) is 3.97. The van der Waals surface area contributed by atoms with E-state index in [1.165, 1.54) is 14.2 Å². The number of fused-ring (bicyclic) bond motifs is 1. The van der Waals surface area contributed by atoms with E-state index in [9.17, 15) is 14.4 Å². The molecule has 0 bridgehead atoms. The predicted octanol–water partition coefficient (Wildman–Crippen LogP) is 2.22. The van der Waals surface area contributed by atoms with Crippen molar-refractivity contribution in [3.63, 3.8) is 0 Å². The number of hydrogen-bond acceptors (Lipinski definition) is 6. The molecule has 144 valence electrons. The predicted molar refractivity (Wildman–Crippen MR) is 99.3 cm³/mol. The smallest absolute Gasteiger partial charge is 0.328 e. The van der Waals surface area contributed by atoms with Gasteiger partial charge in [0.05, 0.1) is 27.2 Å². The molecule has 0 aliphatic rings. The highest BCUT2D eigenvalue weighted by molar-refractivity contribution is 5.89. The summed E-state index contributed by atoms with van der Waals surface area (Å²) in [6, 6.07) is 12.6. The first-order valence-electron chi connectivity index (χ1n) is 8.59. The van der Waals surface area contributed by atoms with Crippen LogP contribution < -0.4 is 10.1 Å². The van der Waals surface area contributed by atoms with Crippen LogP contribution >= 0.6 is 0 Å². The van der Waals surface area contributed by atoms with Crippen molar-refractivity contribution in [1.29, 1.82) is 0 Å². The first kappa shape index (κ1) is 20.2. The van der Waals surface area contributed by atoms with E-state index in [2.05, 4.69) is 14.8 Å². The number of esters is 2. The highest BCUT2D eigenvalue weighted by Gasteiger charge is 2.24. The molecule has 0 spiro atoms. The van der Waals surface area contributed by atoms with Crippen molar-refractivity contribution < 1.29 is 28.6 Å². The van der Waals surface area contributed by atoms with Crippen molar-refractivity contribution in [1.82, 2.24) is 5.32 Å². The Morgan fingerprint density at radius 1 is 1.00 bits per heavy atom. The molecule has 7 heteroatoms. The fourth-order valence-electron chi connectivity index (χ4n) is 2.59. The lowest BCUT2D eigenvalue weighted by Crippen LogP contribution is -2.43. The third kappa shape index (κ3) is 5.99. The quantitative estimate of drug-likeness (QED) is 0.535. The minimum Gasteiger partial charge on any atom is -0.493 e. The van der Waals surface area contributed by atoms with Gasteiger partial charge < -0.3 is 19.5 Å². The fourth-order valence-corrected chi connectivity index (χ4v) is 2.59. The average Bonchev–Trinajstić information content (AvgIpc) is 2.70. The number of benzene rings is 2. The van der Waals surface area contributed by atoms with Crippen molar-refractivity contribution in [3.8, 4) is 5.75 Å². The zero-order chi connectivity index (χ0) is 19.6. The lowest BCUT2D eigenvalue weighted by molar-refractivity contribution is -0.150. The molecule has 0 saturated heterocycles. The molecule has 2 aromatic rings. The Bertz CT molecular complexity index is 799. The Kier molecular flexibility index (Phi) is 7.61. The summed E-state index contributed by atoms with van der Waals surface area (Å²) in [6.07, 6.45) is 0.335. The molecule has 0 unspecified atom stereocenters. The minimum atomic E-state index is -1.06. The number of nitrogens with one attached hydrogen (secondary N) is 1. The zero-order valence-corrected chi connectivity index (χ0v) is 15.4. The summed E-state index contributed by atoms with van der Waals surface area (Å²) in [7, 11) is 2.40. The number of methoxy groups -OCH3 is 2. The molecule has 1 atom stereocenters. The van der Waals surface area contributed by atoms with Crippen LogP contribution in [0.2, 0.25) is 0 Å². The van der Waals surface area contributed by atoms with Gasteiger partial charge in [-0.05, 0) is 17.9 Å². The van der Waals surface area contributed by atoms with Gasteiger partial charge in [0.2, 0.25) is 5.91 Å². The summed E-state index contributed by atoms with van der Waals surface area (Å²) in [6.45, 7) is 0.349. The molecular formula is C20H23NO6. The van der Waals surface area contributed by atoms with Crippen LogP contribution in [-0.4, -0.2) is 44.7 Å². The standard InChI is InChI=1S/C20H23NO6/c1-25-19(23)13-16(20(24)26-2)21-18(22)11-6-12-27-17-10-5-8-14-7-3-4-9-15(14)17/h3-5,7-10,16H,6,11-13H2,1-2H3,(H,21,22)/t16-/m1/s1. The Labute approximate surface area is 157 Å². The van der Waals surface area contributed by atoms with E-state index in [0.29, 0.717) is 13.0 Å². The second kappa shape index (κ2) is 10.2. The summed E-state index contributed by atoms with van der Waals surface area (Å²) in [5.74, 6) is -0.909. The molecule has 0 heterocycles. The summed E-state index contributed by atoms with van der Waals surface area (Å²) in [5, 5.41) is 4.58. The van der Waals surface area contributed by atoms with Gasteiger partial charge in [0, 0.05) is 11.8 Å². The Morgan fingerprint density at radius 3 is 2.48 bits per heavy atom. The second-order valence-corrected chi connectivity index (χ2v) is 5.85. The van der Waals surface area contributed by atoms with E-state index >= 15 is 0 Å². The first-order valence-corrected chi connectivity index (χ1v) is 8.59. The minimum absolute atomic E-state index is 0.152. The molecule has 1 amide bonds. The van der Waals surface area contributed by atoms with Crippen molar-refractivity contribution in [2.75, 3.05) is 20.8 Å². The van der Waals surface area contributed by atoms with Crippen LogP contribution in [-0.2, 0) is 23.9 Å². The van der Waals surface area contributed by atoms with E-state index in [1.54, 1.807) is 0 Å². The van der Waals surface area contributed by atoms with E-state index in [-0.39, 0.29) is 18.7 Å². The molecule has 0 aliphatic heterocycles. The largest absolute Gasteiger partial charge is 0.493 e. The maximum Gasteiger partial charge on any atom is 0.328 e. The zero-order valence-electron chi connectivity index (χ0n) is 15.4. The molecular weight excluding hydrogens is 350 g/mol. The Balaban J connectivity index is 1.82. The van der Waals surface area contributed by atoms with Gasteiger partial charge in [0.1, 0.15) is 11.8 Å². The first-order chi connectivity index (χ1) is 13.0. The van der Waals surface area contributed by atoms with E-state index in [1.807, 2.05) is 42.5 Å². The van der Waals surface area contributed by atoms with Gasteiger partial charge in [-0.1, -0.05) is 36.4 Å². The number of hydrogen-bond donors (Lipinski definition) is 1. The Morgan fingerprint density at radius 2 is 1.74 bits per heavy atom. The molecule has 7 nitrogen and oxygen atoms in total. The van der Waals surface area contributed by atoms with E-state index in [4.69, 9.17) is 4.74 Å². The van der Waals surface area contributed by atoms with Crippen molar-refractivity contribution in [2.45, 2.75) is 25.3 Å². The molecule has 0 saturated carbocycles. The van der Waals surface area contributed by atoms with Crippen LogP contribution in [0.4, 0.5) is 0 Å². The molecule has 0 radical (unpaired) electrons. The molecule has 1 N–H and O–H groups in total. The van der Waals surface area contributed by atoms with Gasteiger partial charge in [0.15, 0.2) is 0 Å². The van der Waals surface area contributed by atoms with Gasteiger partial charge in [-0.3, -0.25) is 9.59 Å². The highest BCUT2D eigenvalue weighted by Crippen LogP contribution is 2.25. The van der Waals surface area contributed by atoms with Crippen LogP contribution in [0.3, 0.4) is 0 Å². The summed E-state index contributed by atoms with van der Waals surface area (Å²) in [5.41, 5.74) is 0. The molecule has 2 aromatic carbocycles. The van der Waals surface area contributed by atoms with E-state index < -0.39 is 18.0 Å². The van der Waals surface area contributed by atoms with Gasteiger partial charge in [-0.25, -0.2) is 4.79 Å². The van der Waals surface area contributed by atoms with Crippen LogP contribution in [0, 0.1) is 0 Å². The van der Waals surface area contributed by atoms with E-state index in [0.717, 1.165) is 16.5 Å². The number of amides is 1. The van der Waals surface area contributed by atoms with Gasteiger partial charge in [0.25, 0.3) is 0 Å². The third-order valence-electron chi connectivity index (χ3n) is 3.97. The number of carbonyl (C=O) groups excluding carboxylic acids is 3. The summed E-state index contributed by atoms with van der Waals surface area (Å²) < 4.78 is 14.9. The second-order valence-electron chi connectivity index (χ2n) is 5.85.